The second-order valence-electron chi connectivity index (χ2n) is 4.57. The number of rotatable bonds is 3. The van der Waals surface area contributed by atoms with E-state index in [0.29, 0.717) is 11.6 Å². The Bertz CT molecular complexity index is 785. The molecule has 0 aliphatic heterocycles. The smallest absolute Gasteiger partial charge is 0.124 e. The maximum absolute atomic E-state index is 6.29. The van der Waals surface area contributed by atoms with Crippen molar-refractivity contribution < 1.29 is 0 Å². The Morgan fingerprint density at radius 1 is 1.19 bits per heavy atom. The topological polar surface area (TPSA) is 38.9 Å². The van der Waals surface area contributed by atoms with Gasteiger partial charge in [-0.05, 0) is 23.8 Å². The van der Waals surface area contributed by atoms with E-state index in [0.717, 1.165) is 31.9 Å². The Morgan fingerprint density at radius 2 is 2.05 bits per heavy atom. The van der Waals surface area contributed by atoms with Crippen LogP contribution in [0.15, 0.2) is 52.3 Å². The standard InChI is InChI=1S/C16H12BrClN2S/c17-12-4-5-13(14(18)7-12)15-9-21-16(20-15)11-3-1-2-10(6-11)8-19/h1-7,9H,8,19H2. The average Bonchev–Trinajstić information content (AvgIpc) is 2.97. The van der Waals surface area contributed by atoms with Crippen molar-refractivity contribution >= 4 is 38.9 Å². The lowest BCUT2D eigenvalue weighted by atomic mass is 10.1. The molecule has 3 rings (SSSR count). The SMILES string of the molecule is NCc1cccc(-c2nc(-c3ccc(Br)cc3Cl)cs2)c1. The van der Waals surface area contributed by atoms with Crippen molar-refractivity contribution in [2.75, 3.05) is 0 Å². The molecular weight excluding hydrogens is 368 g/mol. The Kier molecular flexibility index (Phi) is 4.40. The third kappa shape index (κ3) is 3.19. The van der Waals surface area contributed by atoms with Crippen molar-refractivity contribution in [3.63, 3.8) is 0 Å². The van der Waals surface area contributed by atoms with Crippen LogP contribution in [0.2, 0.25) is 5.02 Å². The van der Waals surface area contributed by atoms with Crippen LogP contribution in [-0.4, -0.2) is 4.98 Å². The molecule has 0 fully saturated rings. The van der Waals surface area contributed by atoms with Crippen molar-refractivity contribution in [1.82, 2.24) is 4.98 Å². The van der Waals surface area contributed by atoms with Crippen LogP contribution in [0.4, 0.5) is 0 Å². The molecule has 0 bridgehead atoms. The molecule has 21 heavy (non-hydrogen) atoms. The summed E-state index contributed by atoms with van der Waals surface area (Å²) < 4.78 is 0.961. The van der Waals surface area contributed by atoms with Crippen LogP contribution in [0, 0.1) is 0 Å². The largest absolute Gasteiger partial charge is 0.326 e. The number of nitrogens with two attached hydrogens (primary N) is 1. The number of hydrogen-bond acceptors (Lipinski definition) is 3. The van der Waals surface area contributed by atoms with Gasteiger partial charge < -0.3 is 5.73 Å². The first-order valence-electron chi connectivity index (χ1n) is 6.37. The van der Waals surface area contributed by atoms with E-state index in [2.05, 4.69) is 22.0 Å². The van der Waals surface area contributed by atoms with Crippen LogP contribution in [0.3, 0.4) is 0 Å². The van der Waals surface area contributed by atoms with Gasteiger partial charge >= 0.3 is 0 Å². The maximum atomic E-state index is 6.29. The zero-order chi connectivity index (χ0) is 14.8. The van der Waals surface area contributed by atoms with E-state index in [1.54, 1.807) is 11.3 Å². The van der Waals surface area contributed by atoms with E-state index >= 15 is 0 Å². The summed E-state index contributed by atoms with van der Waals surface area (Å²) in [5.74, 6) is 0. The molecule has 0 saturated carbocycles. The molecule has 5 heteroatoms. The summed E-state index contributed by atoms with van der Waals surface area (Å²) in [6, 6.07) is 14.0. The van der Waals surface area contributed by atoms with E-state index in [4.69, 9.17) is 22.3 Å². The van der Waals surface area contributed by atoms with Gasteiger partial charge in [-0.1, -0.05) is 51.8 Å². The van der Waals surface area contributed by atoms with Crippen LogP contribution in [0.5, 0.6) is 0 Å². The molecule has 0 aliphatic rings. The Morgan fingerprint density at radius 3 is 2.81 bits per heavy atom. The first kappa shape index (κ1) is 14.7. The highest BCUT2D eigenvalue weighted by molar-refractivity contribution is 9.10. The lowest BCUT2D eigenvalue weighted by Gasteiger charge is -2.02. The maximum Gasteiger partial charge on any atom is 0.124 e. The second-order valence-corrected chi connectivity index (χ2v) is 6.75. The first-order valence-corrected chi connectivity index (χ1v) is 8.43. The van der Waals surface area contributed by atoms with E-state index in [1.165, 1.54) is 0 Å². The summed E-state index contributed by atoms with van der Waals surface area (Å²) in [6.45, 7) is 0.532. The molecule has 2 nitrogen and oxygen atoms in total. The highest BCUT2D eigenvalue weighted by Gasteiger charge is 2.10. The van der Waals surface area contributed by atoms with E-state index in [9.17, 15) is 0 Å². The number of benzene rings is 2. The molecule has 0 atom stereocenters. The molecule has 0 radical (unpaired) electrons. The second kappa shape index (κ2) is 6.28. The van der Waals surface area contributed by atoms with Gasteiger partial charge in [-0.3, -0.25) is 0 Å². The third-order valence-corrected chi connectivity index (χ3v) is 4.82. The van der Waals surface area contributed by atoms with Gasteiger partial charge in [0.1, 0.15) is 5.01 Å². The van der Waals surface area contributed by atoms with Crippen molar-refractivity contribution in [2.24, 2.45) is 5.73 Å². The van der Waals surface area contributed by atoms with Gasteiger partial charge in [0, 0.05) is 27.5 Å². The molecule has 1 aromatic heterocycles. The van der Waals surface area contributed by atoms with Crippen LogP contribution < -0.4 is 5.73 Å². The zero-order valence-corrected chi connectivity index (χ0v) is 14.2. The first-order chi connectivity index (χ1) is 10.2. The van der Waals surface area contributed by atoms with E-state index < -0.39 is 0 Å². The van der Waals surface area contributed by atoms with E-state index in [-0.39, 0.29) is 0 Å². The van der Waals surface area contributed by atoms with Gasteiger partial charge in [0.2, 0.25) is 0 Å². The quantitative estimate of drug-likeness (QED) is 0.666. The minimum absolute atomic E-state index is 0.532. The highest BCUT2D eigenvalue weighted by atomic mass is 79.9. The molecule has 0 spiro atoms. The fourth-order valence-corrected chi connectivity index (χ4v) is 3.65. The summed E-state index contributed by atoms with van der Waals surface area (Å²) in [5.41, 5.74) is 9.71. The summed E-state index contributed by atoms with van der Waals surface area (Å²) in [4.78, 5) is 4.69. The minimum Gasteiger partial charge on any atom is -0.326 e. The summed E-state index contributed by atoms with van der Waals surface area (Å²) in [7, 11) is 0. The Hall–Kier alpha value is -1.20. The van der Waals surface area contributed by atoms with Crippen molar-refractivity contribution in [3.05, 3.63) is 62.9 Å². The molecule has 0 aliphatic carbocycles. The average molecular weight is 380 g/mol. The number of halogens is 2. The predicted molar refractivity (Wildman–Crippen MR) is 93.6 cm³/mol. The van der Waals surface area contributed by atoms with Gasteiger partial charge in [-0.15, -0.1) is 11.3 Å². The van der Waals surface area contributed by atoms with Gasteiger partial charge in [0.05, 0.1) is 10.7 Å². The lowest BCUT2D eigenvalue weighted by Crippen LogP contribution is -1.95. The monoisotopic (exact) mass is 378 g/mol. The number of aromatic nitrogens is 1. The zero-order valence-electron chi connectivity index (χ0n) is 11.0. The lowest BCUT2D eigenvalue weighted by molar-refractivity contribution is 1.07. The fourth-order valence-electron chi connectivity index (χ4n) is 2.06. The number of hydrogen-bond donors (Lipinski definition) is 1. The van der Waals surface area contributed by atoms with Crippen molar-refractivity contribution in [1.29, 1.82) is 0 Å². The molecular formula is C16H12BrClN2S. The Balaban J connectivity index is 1.99. The Labute approximate surface area is 140 Å². The predicted octanol–water partition coefficient (Wildman–Crippen LogP) is 5.35. The summed E-state index contributed by atoms with van der Waals surface area (Å²) >= 11 is 11.3. The minimum atomic E-state index is 0.532. The number of nitrogens with zero attached hydrogens (tertiary/aromatic N) is 1. The van der Waals surface area contributed by atoms with Gasteiger partial charge in [-0.2, -0.15) is 0 Å². The molecule has 0 saturated heterocycles. The summed E-state index contributed by atoms with van der Waals surface area (Å²) in [5, 5.41) is 3.69. The molecule has 0 unspecified atom stereocenters. The molecule has 0 amide bonds. The van der Waals surface area contributed by atoms with Gasteiger partial charge in [0.15, 0.2) is 0 Å². The van der Waals surface area contributed by atoms with Crippen LogP contribution >= 0.6 is 38.9 Å². The van der Waals surface area contributed by atoms with Crippen LogP contribution in [0.1, 0.15) is 5.56 Å². The molecule has 2 N–H and O–H groups in total. The molecule has 2 aromatic carbocycles. The third-order valence-electron chi connectivity index (χ3n) is 3.12. The summed E-state index contributed by atoms with van der Waals surface area (Å²) in [6.07, 6.45) is 0. The fraction of sp³-hybridized carbons (Fsp3) is 0.0625. The van der Waals surface area contributed by atoms with Crippen LogP contribution in [-0.2, 0) is 6.54 Å². The normalized spacial score (nSPS) is 10.8. The van der Waals surface area contributed by atoms with Crippen molar-refractivity contribution in [2.45, 2.75) is 6.54 Å². The highest BCUT2D eigenvalue weighted by Crippen LogP contribution is 2.34. The van der Waals surface area contributed by atoms with Crippen molar-refractivity contribution in [3.8, 4) is 21.8 Å². The van der Waals surface area contributed by atoms with Gasteiger partial charge in [-0.25, -0.2) is 4.98 Å². The molecule has 3 aromatic rings. The number of thiazole rings is 1. The molecule has 1 heterocycles. The molecule has 106 valence electrons. The van der Waals surface area contributed by atoms with Gasteiger partial charge in [0.25, 0.3) is 0 Å². The van der Waals surface area contributed by atoms with Crippen LogP contribution in [0.25, 0.3) is 21.8 Å². The van der Waals surface area contributed by atoms with E-state index in [1.807, 2.05) is 41.8 Å².